The smallest absolute Gasteiger partial charge is 0.328 e. The van der Waals surface area contributed by atoms with Gasteiger partial charge >= 0.3 is 11.9 Å². The Morgan fingerprint density at radius 1 is 0.688 bits per heavy atom. The molecule has 2 atom stereocenters. The van der Waals surface area contributed by atoms with Crippen LogP contribution in [0.5, 0.6) is 0 Å². The van der Waals surface area contributed by atoms with E-state index in [0.29, 0.717) is 26.1 Å². The summed E-state index contributed by atoms with van der Waals surface area (Å²) >= 11 is 0. The molecule has 0 aliphatic carbocycles. The Balaban J connectivity index is 0.000000254. The zero-order chi connectivity index (χ0) is 45.4. The van der Waals surface area contributed by atoms with E-state index in [1.807, 2.05) is 30.3 Å². The van der Waals surface area contributed by atoms with E-state index in [2.05, 4.69) is 55.0 Å². The number of rotatable bonds is 26. The van der Waals surface area contributed by atoms with E-state index < -0.39 is 12.1 Å². The monoisotopic (exact) mass is 884 g/mol. The molecular formula is C49H73N9O6. The number of methoxy groups -OCH3 is 4. The number of benzene rings is 1. The van der Waals surface area contributed by atoms with Gasteiger partial charge in [0, 0.05) is 82.1 Å². The lowest BCUT2D eigenvalue weighted by molar-refractivity contribution is -0.143. The van der Waals surface area contributed by atoms with Crippen molar-refractivity contribution in [2.75, 3.05) is 110 Å². The van der Waals surface area contributed by atoms with Crippen LogP contribution in [0.4, 0.5) is 17.3 Å². The van der Waals surface area contributed by atoms with Gasteiger partial charge in [-0.3, -0.25) is 9.78 Å². The topological polar surface area (TPSA) is 178 Å². The average Bonchev–Trinajstić information content (AvgIpc) is 3.34. The maximum Gasteiger partial charge on any atom is 0.328 e. The van der Waals surface area contributed by atoms with E-state index in [1.165, 1.54) is 38.2 Å². The van der Waals surface area contributed by atoms with Crippen LogP contribution >= 0.6 is 0 Å². The summed E-state index contributed by atoms with van der Waals surface area (Å²) in [6.07, 6.45) is 13.8. The molecule has 3 aromatic heterocycles. The second-order valence-electron chi connectivity index (χ2n) is 16.6. The van der Waals surface area contributed by atoms with Gasteiger partial charge in [0.25, 0.3) is 0 Å². The van der Waals surface area contributed by atoms with E-state index >= 15 is 0 Å². The van der Waals surface area contributed by atoms with Crippen LogP contribution in [0.2, 0.25) is 0 Å². The molecule has 15 nitrogen and oxygen atoms in total. The lowest BCUT2D eigenvalue weighted by atomic mass is 10.1. The fourth-order valence-corrected chi connectivity index (χ4v) is 8.11. The van der Waals surface area contributed by atoms with Crippen molar-refractivity contribution in [2.24, 2.45) is 5.73 Å². The fourth-order valence-electron chi connectivity index (χ4n) is 8.11. The third-order valence-corrected chi connectivity index (χ3v) is 11.9. The summed E-state index contributed by atoms with van der Waals surface area (Å²) in [5.41, 5.74) is 12.6. The Bertz CT molecular complexity index is 2000. The van der Waals surface area contributed by atoms with Gasteiger partial charge in [-0.15, -0.1) is 0 Å². The molecule has 64 heavy (non-hydrogen) atoms. The number of fused-ring (bicyclic) bond motifs is 3. The Labute approximate surface area is 380 Å². The minimum absolute atomic E-state index is 0.264. The number of nitrogens with one attached hydrogen (secondary N) is 3. The number of unbranched alkanes of at least 4 members (excludes halogenated alkanes) is 2. The molecule has 1 aromatic carbocycles. The van der Waals surface area contributed by atoms with Crippen molar-refractivity contribution in [3.63, 3.8) is 0 Å². The number of para-hydroxylation sites is 1. The van der Waals surface area contributed by atoms with Gasteiger partial charge in [0.2, 0.25) is 0 Å². The first kappa shape index (κ1) is 50.1. The maximum atomic E-state index is 12.6. The largest absolute Gasteiger partial charge is 0.468 e. The number of aryl methyl sites for hydroxylation is 4. The Kier molecular flexibility index (Phi) is 22.0. The van der Waals surface area contributed by atoms with Crippen LogP contribution in [0.1, 0.15) is 73.9 Å². The minimum Gasteiger partial charge on any atom is -0.468 e. The third kappa shape index (κ3) is 16.6. The van der Waals surface area contributed by atoms with E-state index in [4.69, 9.17) is 34.6 Å². The maximum absolute atomic E-state index is 12.6. The Morgan fingerprint density at radius 2 is 1.25 bits per heavy atom. The first-order valence-electron chi connectivity index (χ1n) is 23.2. The van der Waals surface area contributed by atoms with Crippen LogP contribution in [-0.4, -0.2) is 143 Å². The molecule has 0 saturated carbocycles. The highest BCUT2D eigenvalue weighted by molar-refractivity contribution is 5.92. The lowest BCUT2D eigenvalue weighted by Crippen LogP contribution is -2.37. The van der Waals surface area contributed by atoms with Crippen LogP contribution in [0.25, 0.3) is 10.9 Å². The van der Waals surface area contributed by atoms with Crippen LogP contribution in [0, 0.1) is 0 Å². The van der Waals surface area contributed by atoms with E-state index in [1.54, 1.807) is 20.4 Å². The number of hydrogen-bond acceptors (Lipinski definition) is 15. The van der Waals surface area contributed by atoms with Crippen molar-refractivity contribution in [2.45, 2.75) is 89.1 Å². The van der Waals surface area contributed by atoms with Crippen molar-refractivity contribution < 1.29 is 28.5 Å². The molecule has 350 valence electrons. The van der Waals surface area contributed by atoms with Crippen molar-refractivity contribution in [3.05, 3.63) is 83.3 Å². The van der Waals surface area contributed by atoms with Gasteiger partial charge in [0.15, 0.2) is 0 Å². The molecule has 5 N–H and O–H groups in total. The summed E-state index contributed by atoms with van der Waals surface area (Å²) in [7, 11) is 6.24. The molecule has 0 unspecified atom stereocenters. The van der Waals surface area contributed by atoms with Gasteiger partial charge in [-0.2, -0.15) is 0 Å². The molecule has 2 aliphatic heterocycles. The first-order valence-corrected chi connectivity index (χ1v) is 23.2. The molecular weight excluding hydrogens is 811 g/mol. The molecule has 5 heterocycles. The van der Waals surface area contributed by atoms with E-state index in [-0.39, 0.29) is 11.9 Å². The van der Waals surface area contributed by atoms with Crippen molar-refractivity contribution in [1.29, 1.82) is 0 Å². The highest BCUT2D eigenvalue weighted by Gasteiger charge is 2.22. The van der Waals surface area contributed by atoms with Crippen LogP contribution < -0.4 is 21.7 Å². The normalized spacial score (nSPS) is 14.0. The summed E-state index contributed by atoms with van der Waals surface area (Å²) in [6.45, 7) is 8.45. The summed E-state index contributed by atoms with van der Waals surface area (Å²) < 4.78 is 20.4. The number of esters is 2. The number of nitrogens with zero attached hydrogens (tertiary/aromatic N) is 5. The number of aromatic nitrogens is 3. The highest BCUT2D eigenvalue weighted by atomic mass is 16.5. The van der Waals surface area contributed by atoms with Gasteiger partial charge < -0.3 is 50.4 Å². The molecule has 6 rings (SSSR count). The highest BCUT2D eigenvalue weighted by Crippen LogP contribution is 2.24. The van der Waals surface area contributed by atoms with E-state index in [9.17, 15) is 9.59 Å². The first-order chi connectivity index (χ1) is 31.3. The average molecular weight is 884 g/mol. The molecule has 4 aromatic rings. The van der Waals surface area contributed by atoms with Gasteiger partial charge in [-0.1, -0.05) is 30.3 Å². The zero-order valence-electron chi connectivity index (χ0n) is 38.7. The van der Waals surface area contributed by atoms with Crippen LogP contribution in [0.3, 0.4) is 0 Å². The molecule has 0 amide bonds. The number of carbonyl (C=O) groups excluding carboxylic acids is 2. The van der Waals surface area contributed by atoms with Crippen molar-refractivity contribution in [3.8, 4) is 0 Å². The number of anilines is 3. The molecule has 15 heteroatoms. The second kappa shape index (κ2) is 28.1. The molecule has 0 saturated heterocycles. The van der Waals surface area contributed by atoms with Crippen molar-refractivity contribution in [1.82, 2.24) is 24.8 Å². The zero-order valence-corrected chi connectivity index (χ0v) is 38.7. The Morgan fingerprint density at radius 3 is 1.81 bits per heavy atom. The number of hydrogen-bond donors (Lipinski definition) is 4. The summed E-state index contributed by atoms with van der Waals surface area (Å²) in [4.78, 5) is 42.8. The number of pyridine rings is 3. The summed E-state index contributed by atoms with van der Waals surface area (Å²) in [5, 5.41) is 11.2. The molecule has 0 bridgehead atoms. The van der Waals surface area contributed by atoms with Gasteiger partial charge in [-0.25, -0.2) is 14.8 Å². The molecule has 0 radical (unpaired) electrons. The quantitative estimate of drug-likeness (QED) is 0.0432. The van der Waals surface area contributed by atoms with Crippen LogP contribution in [-0.2, 0) is 54.2 Å². The fraction of sp³-hybridized carbons (Fsp3) is 0.571. The minimum atomic E-state index is -0.563. The molecule has 0 spiro atoms. The number of carbonyl (C=O) groups is 2. The third-order valence-electron chi connectivity index (χ3n) is 11.9. The van der Waals surface area contributed by atoms with Crippen molar-refractivity contribution >= 4 is 40.2 Å². The summed E-state index contributed by atoms with van der Waals surface area (Å²) in [5.74, 6) is 1.51. The number of ether oxygens (including phenoxy) is 4. The van der Waals surface area contributed by atoms with Crippen LogP contribution in [0.15, 0.2) is 60.8 Å². The Hall–Kier alpha value is -4.93. The van der Waals surface area contributed by atoms with Gasteiger partial charge in [0.05, 0.1) is 33.0 Å². The number of nitrogens with two attached hydrogens (primary N) is 1. The van der Waals surface area contributed by atoms with E-state index in [0.717, 1.165) is 143 Å². The predicted molar refractivity (Wildman–Crippen MR) is 255 cm³/mol. The lowest BCUT2D eigenvalue weighted by Gasteiger charge is -2.25. The SMILES string of the molecule is COCCN(CCCCc1ccc2c(n1)NCCC2)CC[C@H](N)C(=O)OC.COCCN(CCCCc1ccc2c(n1)NCCC2)CC[C@H](Nc1ccnc2ccccc12)C(=O)OC. The van der Waals surface area contributed by atoms with Gasteiger partial charge in [0.1, 0.15) is 23.7 Å². The summed E-state index contributed by atoms with van der Waals surface area (Å²) in [6, 6.07) is 17.6. The predicted octanol–water partition coefficient (Wildman–Crippen LogP) is 5.90. The van der Waals surface area contributed by atoms with Gasteiger partial charge in [-0.05, 0) is 126 Å². The molecule has 0 fully saturated rings. The second-order valence-corrected chi connectivity index (χ2v) is 16.6. The standard InChI is InChI=1S/C29H39N5O3.C20H34N4O3/c1-36-21-20-34(18-6-5-9-23-13-12-22-8-7-16-31-28(22)32-23)19-15-27(29(35)37-2)33-26-14-17-30-25-11-4-3-10-24(25)26;1-26-15-14-24(13-10-18(21)20(25)27-2)12-4-3-7-17-9-8-16-6-5-11-22-19(16)23-17/h3-4,10-14,17,27H,5-9,15-16,18-21H2,1-2H3,(H,30,33)(H,31,32);8-9,18H,3-7,10-15,21H2,1-2H3,(H,22,23)/t27-;18-/m00/s1. The molecule has 2 aliphatic rings.